The Morgan fingerprint density at radius 2 is 1.95 bits per heavy atom. The van der Waals surface area contributed by atoms with Crippen molar-refractivity contribution in [1.82, 2.24) is 5.32 Å². The number of nitrogens with one attached hydrogen (secondary N) is 1. The lowest BCUT2D eigenvalue weighted by Gasteiger charge is -2.10. The molecule has 2 rings (SSSR count). The summed E-state index contributed by atoms with van der Waals surface area (Å²) >= 11 is 0. The Labute approximate surface area is 127 Å². The summed E-state index contributed by atoms with van der Waals surface area (Å²) in [6.07, 6.45) is 1.73. The van der Waals surface area contributed by atoms with Gasteiger partial charge < -0.3 is 14.5 Å². The van der Waals surface area contributed by atoms with Crippen molar-refractivity contribution in [2.24, 2.45) is 5.92 Å². The van der Waals surface area contributed by atoms with E-state index in [1.54, 1.807) is 6.26 Å². The lowest BCUT2D eigenvalue weighted by atomic mass is 10.1. The summed E-state index contributed by atoms with van der Waals surface area (Å²) in [5.74, 6) is 2.50. The van der Waals surface area contributed by atoms with E-state index >= 15 is 0 Å². The Hall–Kier alpha value is -1.74. The third kappa shape index (κ3) is 4.64. The molecule has 0 radical (unpaired) electrons. The van der Waals surface area contributed by atoms with Gasteiger partial charge in [-0.1, -0.05) is 19.9 Å². The van der Waals surface area contributed by atoms with E-state index < -0.39 is 0 Å². The molecule has 0 aliphatic heterocycles. The normalized spacial score (nSPS) is 11.1. The predicted molar refractivity (Wildman–Crippen MR) is 85.5 cm³/mol. The molecule has 0 fully saturated rings. The van der Waals surface area contributed by atoms with Gasteiger partial charge in [-0.15, -0.1) is 0 Å². The molecule has 0 amide bonds. The molecule has 2 aromatic rings. The summed E-state index contributed by atoms with van der Waals surface area (Å²) in [4.78, 5) is 0. The molecule has 3 nitrogen and oxygen atoms in total. The molecule has 1 heterocycles. The van der Waals surface area contributed by atoms with Gasteiger partial charge in [-0.3, -0.25) is 0 Å². The second kappa shape index (κ2) is 7.32. The van der Waals surface area contributed by atoms with Crippen LogP contribution in [0.3, 0.4) is 0 Å². The minimum atomic E-state index is 0.539. The van der Waals surface area contributed by atoms with Gasteiger partial charge in [0.1, 0.15) is 18.1 Å². The number of hydrogen-bond donors (Lipinski definition) is 1. The number of benzene rings is 1. The number of rotatable bonds is 7. The van der Waals surface area contributed by atoms with Crippen LogP contribution in [0.4, 0.5) is 0 Å². The van der Waals surface area contributed by atoms with Gasteiger partial charge in [0.2, 0.25) is 0 Å². The fraction of sp³-hybridized carbons (Fsp3) is 0.444. The summed E-state index contributed by atoms with van der Waals surface area (Å²) in [5.41, 5.74) is 3.63. The van der Waals surface area contributed by atoms with Crippen molar-refractivity contribution in [2.45, 2.75) is 40.8 Å². The quantitative estimate of drug-likeness (QED) is 0.828. The third-order valence-electron chi connectivity index (χ3n) is 3.55. The molecule has 0 spiro atoms. The molecular formula is C18H25NO2. The molecule has 1 aromatic carbocycles. The Kier molecular flexibility index (Phi) is 5.45. The van der Waals surface area contributed by atoms with Crippen LogP contribution >= 0.6 is 0 Å². The summed E-state index contributed by atoms with van der Waals surface area (Å²) in [5, 5.41) is 3.39. The first-order valence-corrected chi connectivity index (χ1v) is 7.52. The molecule has 0 bridgehead atoms. The first-order valence-electron chi connectivity index (χ1n) is 7.52. The van der Waals surface area contributed by atoms with Crippen LogP contribution in [0.5, 0.6) is 5.75 Å². The van der Waals surface area contributed by atoms with Crippen molar-refractivity contribution in [3.05, 3.63) is 53.0 Å². The molecule has 114 valence electrons. The summed E-state index contributed by atoms with van der Waals surface area (Å²) in [7, 11) is 0. The minimum absolute atomic E-state index is 0.539. The first-order chi connectivity index (χ1) is 10.1. The van der Waals surface area contributed by atoms with Gasteiger partial charge in [-0.05, 0) is 55.6 Å². The van der Waals surface area contributed by atoms with Crippen LogP contribution in [-0.2, 0) is 13.2 Å². The van der Waals surface area contributed by atoms with Gasteiger partial charge >= 0.3 is 0 Å². The molecule has 0 saturated heterocycles. The largest absolute Gasteiger partial charge is 0.489 e. The maximum absolute atomic E-state index is 5.87. The monoisotopic (exact) mass is 287 g/mol. The summed E-state index contributed by atoms with van der Waals surface area (Å²) in [6.45, 7) is 10.9. The fourth-order valence-corrected chi connectivity index (χ4v) is 2.09. The van der Waals surface area contributed by atoms with E-state index in [0.29, 0.717) is 12.5 Å². The van der Waals surface area contributed by atoms with Gasteiger partial charge in [0.05, 0.1) is 12.8 Å². The van der Waals surface area contributed by atoms with Crippen molar-refractivity contribution in [2.75, 3.05) is 6.54 Å². The predicted octanol–water partition coefficient (Wildman–Crippen LogP) is 4.22. The lowest BCUT2D eigenvalue weighted by Crippen LogP contribution is -2.19. The van der Waals surface area contributed by atoms with Crippen molar-refractivity contribution in [3.8, 4) is 5.75 Å². The van der Waals surface area contributed by atoms with Gasteiger partial charge in [-0.25, -0.2) is 0 Å². The SMILES string of the molecule is Cc1ccc(OCc2ccoc2CNCC(C)C)cc1C. The summed E-state index contributed by atoms with van der Waals surface area (Å²) < 4.78 is 11.4. The van der Waals surface area contributed by atoms with Crippen molar-refractivity contribution >= 4 is 0 Å². The molecule has 3 heteroatoms. The molecule has 1 N–H and O–H groups in total. The molecule has 0 saturated carbocycles. The van der Waals surface area contributed by atoms with E-state index in [0.717, 1.165) is 30.2 Å². The van der Waals surface area contributed by atoms with Crippen LogP contribution in [0.25, 0.3) is 0 Å². The average Bonchev–Trinajstić information content (AvgIpc) is 2.87. The number of hydrogen-bond acceptors (Lipinski definition) is 3. The Morgan fingerprint density at radius 1 is 1.14 bits per heavy atom. The van der Waals surface area contributed by atoms with Gasteiger partial charge in [0, 0.05) is 5.56 Å². The zero-order valence-corrected chi connectivity index (χ0v) is 13.4. The van der Waals surface area contributed by atoms with E-state index in [9.17, 15) is 0 Å². The number of furan rings is 1. The standard InChI is InChI=1S/C18H25NO2/c1-13(2)10-19-11-18-16(7-8-20-18)12-21-17-6-5-14(3)15(4)9-17/h5-9,13,19H,10-12H2,1-4H3. The smallest absolute Gasteiger partial charge is 0.124 e. The lowest BCUT2D eigenvalue weighted by molar-refractivity contribution is 0.301. The van der Waals surface area contributed by atoms with Crippen LogP contribution in [0, 0.1) is 19.8 Å². The van der Waals surface area contributed by atoms with Gasteiger partial charge in [0.15, 0.2) is 0 Å². The zero-order chi connectivity index (χ0) is 15.2. The molecule has 1 aromatic heterocycles. The third-order valence-corrected chi connectivity index (χ3v) is 3.55. The van der Waals surface area contributed by atoms with E-state index in [1.165, 1.54) is 11.1 Å². The molecular weight excluding hydrogens is 262 g/mol. The Morgan fingerprint density at radius 3 is 2.67 bits per heavy atom. The van der Waals surface area contributed by atoms with Crippen molar-refractivity contribution in [3.63, 3.8) is 0 Å². The van der Waals surface area contributed by atoms with Gasteiger partial charge in [-0.2, -0.15) is 0 Å². The molecule has 21 heavy (non-hydrogen) atoms. The number of ether oxygens (including phenoxy) is 1. The fourth-order valence-electron chi connectivity index (χ4n) is 2.09. The van der Waals surface area contributed by atoms with E-state index in [2.05, 4.69) is 45.1 Å². The highest BCUT2D eigenvalue weighted by Crippen LogP contribution is 2.19. The molecule has 0 unspecified atom stereocenters. The minimum Gasteiger partial charge on any atom is -0.489 e. The Bertz CT molecular complexity index is 572. The van der Waals surface area contributed by atoms with E-state index in [1.807, 2.05) is 12.1 Å². The Balaban J connectivity index is 1.91. The van der Waals surface area contributed by atoms with Crippen molar-refractivity contribution in [1.29, 1.82) is 0 Å². The first kappa shape index (κ1) is 15.6. The molecule has 0 aliphatic carbocycles. The van der Waals surface area contributed by atoms with Crippen LogP contribution in [0.15, 0.2) is 34.9 Å². The average molecular weight is 287 g/mol. The maximum atomic E-state index is 5.87. The van der Waals surface area contributed by atoms with Gasteiger partial charge in [0.25, 0.3) is 0 Å². The maximum Gasteiger partial charge on any atom is 0.124 e. The highest BCUT2D eigenvalue weighted by molar-refractivity contribution is 5.34. The number of aryl methyl sites for hydroxylation is 2. The topological polar surface area (TPSA) is 34.4 Å². The zero-order valence-electron chi connectivity index (χ0n) is 13.4. The van der Waals surface area contributed by atoms with E-state index in [4.69, 9.17) is 9.15 Å². The van der Waals surface area contributed by atoms with Crippen molar-refractivity contribution < 1.29 is 9.15 Å². The van der Waals surface area contributed by atoms with Crippen LogP contribution in [0.2, 0.25) is 0 Å². The highest BCUT2D eigenvalue weighted by atomic mass is 16.5. The van der Waals surface area contributed by atoms with Crippen LogP contribution in [-0.4, -0.2) is 6.54 Å². The molecule has 0 atom stereocenters. The van der Waals surface area contributed by atoms with Crippen LogP contribution in [0.1, 0.15) is 36.3 Å². The van der Waals surface area contributed by atoms with Crippen LogP contribution < -0.4 is 10.1 Å². The molecule has 0 aliphatic rings. The second-order valence-corrected chi connectivity index (χ2v) is 5.93. The summed E-state index contributed by atoms with van der Waals surface area (Å²) in [6, 6.07) is 8.16. The highest BCUT2D eigenvalue weighted by Gasteiger charge is 2.07. The van der Waals surface area contributed by atoms with E-state index in [-0.39, 0.29) is 0 Å². The second-order valence-electron chi connectivity index (χ2n) is 5.93.